The summed E-state index contributed by atoms with van der Waals surface area (Å²) in [6.07, 6.45) is 0. The summed E-state index contributed by atoms with van der Waals surface area (Å²) in [6, 6.07) is 3.55. The van der Waals surface area contributed by atoms with Crippen LogP contribution >= 0.6 is 11.6 Å². The normalized spacial score (nSPS) is 10.6. The Balaban J connectivity index is 2.82. The van der Waals surface area contributed by atoms with Crippen LogP contribution in [0.25, 0.3) is 10.9 Å². The van der Waals surface area contributed by atoms with Gasteiger partial charge in [-0.05, 0) is 26.0 Å². The highest BCUT2D eigenvalue weighted by Gasteiger charge is 2.16. The van der Waals surface area contributed by atoms with E-state index in [2.05, 4.69) is 14.7 Å². The number of hydrogen-bond donors (Lipinski definition) is 0. The zero-order chi connectivity index (χ0) is 12.6. The quantitative estimate of drug-likeness (QED) is 0.577. The number of esters is 1. The lowest BCUT2D eigenvalue weighted by molar-refractivity contribution is 0.0593. The molecule has 0 N–H and O–H groups in total. The molecule has 0 saturated carbocycles. The van der Waals surface area contributed by atoms with E-state index in [9.17, 15) is 4.79 Å². The Bertz CT molecular complexity index is 611. The summed E-state index contributed by atoms with van der Waals surface area (Å²) in [6.45, 7) is 3.61. The van der Waals surface area contributed by atoms with Crippen molar-refractivity contribution in [3.8, 4) is 0 Å². The number of carbonyl (C=O) groups excluding carboxylic acids is 1. The third-order valence-corrected chi connectivity index (χ3v) is 2.83. The van der Waals surface area contributed by atoms with E-state index < -0.39 is 5.97 Å². The van der Waals surface area contributed by atoms with E-state index in [4.69, 9.17) is 11.6 Å². The summed E-state index contributed by atoms with van der Waals surface area (Å²) in [4.78, 5) is 20.0. The van der Waals surface area contributed by atoms with Crippen LogP contribution in [0.3, 0.4) is 0 Å². The van der Waals surface area contributed by atoms with Gasteiger partial charge in [-0.15, -0.1) is 0 Å². The SMILES string of the molecule is COC(=O)c1nc(C)c2ccc(Cl)nc2c1C. The predicted octanol–water partition coefficient (Wildman–Crippen LogP) is 2.69. The number of fused-ring (bicyclic) bond motifs is 1. The smallest absolute Gasteiger partial charge is 0.357 e. The molecule has 5 heteroatoms. The van der Waals surface area contributed by atoms with Gasteiger partial charge in [0.2, 0.25) is 0 Å². The van der Waals surface area contributed by atoms with E-state index in [0.717, 1.165) is 11.1 Å². The molecule has 0 radical (unpaired) electrons. The summed E-state index contributed by atoms with van der Waals surface area (Å²) in [5, 5.41) is 1.28. The van der Waals surface area contributed by atoms with Crippen LogP contribution in [0.4, 0.5) is 0 Å². The van der Waals surface area contributed by atoms with Crippen molar-refractivity contribution in [2.75, 3.05) is 7.11 Å². The number of hydrogen-bond acceptors (Lipinski definition) is 4. The number of halogens is 1. The highest BCUT2D eigenvalue weighted by molar-refractivity contribution is 6.29. The number of ether oxygens (including phenoxy) is 1. The van der Waals surface area contributed by atoms with Gasteiger partial charge < -0.3 is 4.74 Å². The van der Waals surface area contributed by atoms with Crippen LogP contribution in [-0.4, -0.2) is 23.0 Å². The van der Waals surface area contributed by atoms with Crippen LogP contribution in [-0.2, 0) is 4.74 Å². The Morgan fingerprint density at radius 3 is 2.65 bits per heavy atom. The van der Waals surface area contributed by atoms with Crippen molar-refractivity contribution < 1.29 is 9.53 Å². The maximum absolute atomic E-state index is 11.6. The highest BCUT2D eigenvalue weighted by atomic mass is 35.5. The van der Waals surface area contributed by atoms with Crippen LogP contribution in [0, 0.1) is 13.8 Å². The Kier molecular flexibility index (Phi) is 2.98. The second-order valence-electron chi connectivity index (χ2n) is 3.69. The van der Waals surface area contributed by atoms with Gasteiger partial charge in [0.1, 0.15) is 5.15 Å². The molecule has 0 aromatic carbocycles. The predicted molar refractivity (Wildman–Crippen MR) is 65.4 cm³/mol. The third-order valence-electron chi connectivity index (χ3n) is 2.62. The van der Waals surface area contributed by atoms with Crippen molar-refractivity contribution in [2.24, 2.45) is 0 Å². The van der Waals surface area contributed by atoms with Crippen LogP contribution in [0.15, 0.2) is 12.1 Å². The van der Waals surface area contributed by atoms with E-state index in [-0.39, 0.29) is 5.69 Å². The highest BCUT2D eigenvalue weighted by Crippen LogP contribution is 2.23. The molecule has 0 fully saturated rings. The molecule has 17 heavy (non-hydrogen) atoms. The van der Waals surface area contributed by atoms with Crippen LogP contribution in [0.2, 0.25) is 5.15 Å². The van der Waals surface area contributed by atoms with Crippen molar-refractivity contribution in [2.45, 2.75) is 13.8 Å². The molecule has 2 aromatic heterocycles. The summed E-state index contributed by atoms with van der Waals surface area (Å²) in [7, 11) is 1.33. The number of aromatic nitrogens is 2. The molecule has 2 rings (SSSR count). The van der Waals surface area contributed by atoms with Crippen LogP contribution < -0.4 is 0 Å². The van der Waals surface area contributed by atoms with Crippen LogP contribution in [0.5, 0.6) is 0 Å². The van der Waals surface area contributed by atoms with Crippen molar-refractivity contribution in [3.63, 3.8) is 0 Å². The van der Waals surface area contributed by atoms with Gasteiger partial charge in [-0.25, -0.2) is 14.8 Å². The molecular weight excluding hydrogens is 240 g/mol. The van der Waals surface area contributed by atoms with Gasteiger partial charge in [0.25, 0.3) is 0 Å². The molecule has 88 valence electrons. The summed E-state index contributed by atoms with van der Waals surface area (Å²) in [5.74, 6) is -0.464. The topological polar surface area (TPSA) is 52.1 Å². The minimum absolute atomic E-state index is 0.285. The third kappa shape index (κ3) is 1.96. The lowest BCUT2D eigenvalue weighted by Crippen LogP contribution is -2.09. The fraction of sp³-hybridized carbons (Fsp3) is 0.250. The zero-order valence-corrected chi connectivity index (χ0v) is 10.5. The number of pyridine rings is 2. The lowest BCUT2D eigenvalue weighted by atomic mass is 10.1. The lowest BCUT2D eigenvalue weighted by Gasteiger charge is -2.09. The molecule has 0 spiro atoms. The average Bonchev–Trinajstić information content (AvgIpc) is 2.32. The summed E-state index contributed by atoms with van der Waals surface area (Å²) in [5.41, 5.74) is 2.38. The van der Waals surface area contributed by atoms with Gasteiger partial charge in [-0.1, -0.05) is 11.6 Å². The van der Waals surface area contributed by atoms with Gasteiger partial charge in [-0.3, -0.25) is 0 Å². The molecule has 0 atom stereocenters. The number of aryl methyl sites for hydroxylation is 2. The fourth-order valence-corrected chi connectivity index (χ4v) is 1.88. The first-order valence-corrected chi connectivity index (χ1v) is 5.44. The number of methoxy groups -OCH3 is 1. The molecule has 0 aliphatic carbocycles. The average molecular weight is 251 g/mol. The maximum Gasteiger partial charge on any atom is 0.357 e. The van der Waals surface area contributed by atoms with Crippen molar-refractivity contribution in [3.05, 3.63) is 34.2 Å². The Labute approximate surface area is 104 Å². The molecular formula is C12H11ClN2O2. The van der Waals surface area contributed by atoms with Gasteiger partial charge in [0.05, 0.1) is 12.6 Å². The first-order chi connectivity index (χ1) is 8.04. The molecule has 0 saturated heterocycles. The molecule has 0 aliphatic rings. The van der Waals surface area contributed by atoms with Crippen molar-refractivity contribution >= 4 is 28.5 Å². The molecule has 2 heterocycles. The molecule has 0 amide bonds. The maximum atomic E-state index is 11.6. The standard InChI is InChI=1S/C12H11ClN2O2/c1-6-10-8(4-5-9(13)15-10)7(2)14-11(6)12(16)17-3/h4-5H,1-3H3. The van der Waals surface area contributed by atoms with E-state index in [0.29, 0.717) is 16.2 Å². The molecule has 0 unspecified atom stereocenters. The second kappa shape index (κ2) is 4.30. The monoisotopic (exact) mass is 250 g/mol. The minimum atomic E-state index is -0.464. The van der Waals surface area contributed by atoms with E-state index in [1.54, 1.807) is 13.0 Å². The number of nitrogens with zero attached hydrogens (tertiary/aromatic N) is 2. The van der Waals surface area contributed by atoms with E-state index >= 15 is 0 Å². The first-order valence-electron chi connectivity index (χ1n) is 5.06. The van der Waals surface area contributed by atoms with Gasteiger partial charge >= 0.3 is 5.97 Å². The van der Waals surface area contributed by atoms with Crippen LogP contribution in [0.1, 0.15) is 21.7 Å². The van der Waals surface area contributed by atoms with Gasteiger partial charge in [0.15, 0.2) is 5.69 Å². The minimum Gasteiger partial charge on any atom is -0.464 e. The van der Waals surface area contributed by atoms with E-state index in [1.807, 2.05) is 13.0 Å². The summed E-state index contributed by atoms with van der Waals surface area (Å²) >= 11 is 5.86. The zero-order valence-electron chi connectivity index (χ0n) is 9.74. The number of carbonyl (C=O) groups is 1. The molecule has 0 bridgehead atoms. The largest absolute Gasteiger partial charge is 0.464 e. The summed E-state index contributed by atoms with van der Waals surface area (Å²) < 4.78 is 4.69. The van der Waals surface area contributed by atoms with Gasteiger partial charge in [0, 0.05) is 16.6 Å². The molecule has 2 aromatic rings. The first kappa shape index (κ1) is 11.8. The molecule has 4 nitrogen and oxygen atoms in total. The Hall–Kier alpha value is -1.68. The Morgan fingerprint density at radius 1 is 1.29 bits per heavy atom. The Morgan fingerprint density at radius 2 is 2.00 bits per heavy atom. The van der Waals surface area contributed by atoms with Crippen molar-refractivity contribution in [1.82, 2.24) is 9.97 Å². The van der Waals surface area contributed by atoms with E-state index in [1.165, 1.54) is 7.11 Å². The number of rotatable bonds is 1. The second-order valence-corrected chi connectivity index (χ2v) is 4.08. The molecule has 0 aliphatic heterocycles. The fourth-order valence-electron chi connectivity index (χ4n) is 1.73. The van der Waals surface area contributed by atoms with Gasteiger partial charge in [-0.2, -0.15) is 0 Å². The van der Waals surface area contributed by atoms with Crippen molar-refractivity contribution in [1.29, 1.82) is 0 Å².